The number of hydrogen-bond acceptors (Lipinski definition) is 6. The van der Waals surface area contributed by atoms with Crippen molar-refractivity contribution in [2.75, 3.05) is 13.7 Å². The summed E-state index contributed by atoms with van der Waals surface area (Å²) < 4.78 is 7.30. The largest absolute Gasteiger partial charge is 0.495 e. The molecule has 2 amide bonds. The van der Waals surface area contributed by atoms with Gasteiger partial charge in [0.1, 0.15) is 5.75 Å². The fourth-order valence-corrected chi connectivity index (χ4v) is 5.54. The molecular formula is C24H27N3O5S. The number of non-ortho nitro benzene ring substituents is 1. The summed E-state index contributed by atoms with van der Waals surface area (Å²) in [5.41, 5.74) is 2.92. The monoisotopic (exact) mass is 469 g/mol. The van der Waals surface area contributed by atoms with Crippen molar-refractivity contribution in [3.63, 3.8) is 0 Å². The molecule has 1 aromatic carbocycles. The van der Waals surface area contributed by atoms with Gasteiger partial charge in [0.15, 0.2) is 0 Å². The van der Waals surface area contributed by atoms with Gasteiger partial charge >= 0.3 is 0 Å². The van der Waals surface area contributed by atoms with Gasteiger partial charge < -0.3 is 9.30 Å². The van der Waals surface area contributed by atoms with Gasteiger partial charge in [-0.25, -0.2) is 0 Å². The van der Waals surface area contributed by atoms with Gasteiger partial charge in [0.05, 0.1) is 22.6 Å². The maximum absolute atomic E-state index is 13.0. The van der Waals surface area contributed by atoms with Gasteiger partial charge in [-0.15, -0.1) is 0 Å². The number of nitrogens with zero attached hydrogens (tertiary/aromatic N) is 3. The number of ether oxygens (including phenoxy) is 1. The van der Waals surface area contributed by atoms with E-state index in [1.807, 2.05) is 24.5 Å². The second-order valence-corrected chi connectivity index (χ2v) is 9.56. The Morgan fingerprint density at radius 1 is 1.18 bits per heavy atom. The molecule has 2 aliphatic rings. The van der Waals surface area contributed by atoms with Gasteiger partial charge in [0.2, 0.25) is 0 Å². The fourth-order valence-electron chi connectivity index (χ4n) is 4.70. The van der Waals surface area contributed by atoms with E-state index in [4.69, 9.17) is 4.74 Å². The van der Waals surface area contributed by atoms with E-state index in [2.05, 4.69) is 0 Å². The number of nitro benzene ring substituents is 1. The molecule has 2 heterocycles. The number of benzene rings is 1. The van der Waals surface area contributed by atoms with Crippen molar-refractivity contribution in [3.8, 4) is 11.4 Å². The number of carbonyl (C=O) groups excluding carboxylic acids is 2. The second kappa shape index (κ2) is 9.43. The molecule has 0 spiro atoms. The quantitative estimate of drug-likeness (QED) is 0.309. The minimum atomic E-state index is -0.444. The summed E-state index contributed by atoms with van der Waals surface area (Å²) in [6.07, 6.45) is 7.41. The molecular weight excluding hydrogens is 442 g/mol. The predicted molar refractivity (Wildman–Crippen MR) is 128 cm³/mol. The van der Waals surface area contributed by atoms with Gasteiger partial charge in [0.25, 0.3) is 16.8 Å². The van der Waals surface area contributed by atoms with Gasteiger partial charge in [0, 0.05) is 30.1 Å². The zero-order chi connectivity index (χ0) is 23.7. The Morgan fingerprint density at radius 3 is 2.58 bits per heavy atom. The van der Waals surface area contributed by atoms with Crippen molar-refractivity contribution in [2.24, 2.45) is 5.92 Å². The number of carbonyl (C=O) groups is 2. The van der Waals surface area contributed by atoms with E-state index >= 15 is 0 Å². The van der Waals surface area contributed by atoms with E-state index in [0.29, 0.717) is 28.8 Å². The number of rotatable bonds is 6. The molecule has 33 heavy (non-hydrogen) atoms. The molecule has 0 unspecified atom stereocenters. The van der Waals surface area contributed by atoms with E-state index < -0.39 is 4.92 Å². The number of amides is 2. The number of methoxy groups -OCH3 is 1. The van der Waals surface area contributed by atoms with Crippen LogP contribution in [-0.4, -0.2) is 39.2 Å². The second-order valence-electron chi connectivity index (χ2n) is 8.57. The molecule has 2 fully saturated rings. The van der Waals surface area contributed by atoms with E-state index in [1.165, 1.54) is 30.6 Å². The minimum Gasteiger partial charge on any atom is -0.495 e. The summed E-state index contributed by atoms with van der Waals surface area (Å²) in [6, 6.07) is 6.35. The zero-order valence-electron chi connectivity index (χ0n) is 19.0. The molecule has 1 saturated carbocycles. The maximum atomic E-state index is 13.0. The van der Waals surface area contributed by atoms with Gasteiger partial charge in [-0.1, -0.05) is 19.3 Å². The van der Waals surface area contributed by atoms with E-state index in [-0.39, 0.29) is 16.8 Å². The Bertz CT molecular complexity index is 1150. The van der Waals surface area contributed by atoms with Crippen LogP contribution in [0.4, 0.5) is 10.5 Å². The van der Waals surface area contributed by atoms with Crippen LogP contribution in [0.3, 0.4) is 0 Å². The van der Waals surface area contributed by atoms with Gasteiger partial charge in [-0.3, -0.25) is 24.6 Å². The highest BCUT2D eigenvalue weighted by atomic mass is 32.2. The SMILES string of the molecule is COc1ccc([N+](=O)[O-])cc1-n1c(C)cc(/C=C2/SC(=O)N(CC3CCCCC3)C2=O)c1C. The normalized spacial score (nSPS) is 18.4. The van der Waals surface area contributed by atoms with Crippen molar-refractivity contribution in [1.82, 2.24) is 9.47 Å². The molecule has 9 heteroatoms. The van der Waals surface area contributed by atoms with Crippen molar-refractivity contribution in [2.45, 2.75) is 46.0 Å². The minimum absolute atomic E-state index is 0.0383. The Labute approximate surface area is 196 Å². The molecule has 1 aliphatic carbocycles. The predicted octanol–water partition coefficient (Wildman–Crippen LogP) is 5.63. The number of imide groups is 1. The number of aromatic nitrogens is 1. The first kappa shape index (κ1) is 23.1. The maximum Gasteiger partial charge on any atom is 0.293 e. The topological polar surface area (TPSA) is 94.7 Å². The van der Waals surface area contributed by atoms with Crippen LogP contribution in [0.15, 0.2) is 29.2 Å². The van der Waals surface area contributed by atoms with Crippen molar-refractivity contribution >= 4 is 34.7 Å². The molecule has 8 nitrogen and oxygen atoms in total. The van der Waals surface area contributed by atoms with Crippen LogP contribution in [-0.2, 0) is 4.79 Å². The summed E-state index contributed by atoms with van der Waals surface area (Å²) in [5, 5.41) is 11.1. The lowest BCUT2D eigenvalue weighted by Gasteiger charge is -2.25. The van der Waals surface area contributed by atoms with Crippen molar-refractivity contribution in [3.05, 3.63) is 56.2 Å². The first-order valence-electron chi connectivity index (χ1n) is 11.1. The summed E-state index contributed by atoms with van der Waals surface area (Å²) >= 11 is 0.974. The number of nitro groups is 1. The fraction of sp³-hybridized carbons (Fsp3) is 0.417. The zero-order valence-corrected chi connectivity index (χ0v) is 19.8. The summed E-state index contributed by atoms with van der Waals surface area (Å²) in [6.45, 7) is 4.26. The van der Waals surface area contributed by atoms with Crippen LogP contribution in [0.1, 0.15) is 49.1 Å². The molecule has 2 aromatic rings. The van der Waals surface area contributed by atoms with Crippen LogP contribution in [0.25, 0.3) is 11.8 Å². The Morgan fingerprint density at radius 2 is 1.91 bits per heavy atom. The van der Waals surface area contributed by atoms with Crippen molar-refractivity contribution in [1.29, 1.82) is 0 Å². The first-order chi connectivity index (χ1) is 15.8. The smallest absolute Gasteiger partial charge is 0.293 e. The third-order valence-electron chi connectivity index (χ3n) is 6.41. The molecule has 1 aromatic heterocycles. The van der Waals surface area contributed by atoms with E-state index in [1.54, 1.807) is 12.1 Å². The molecule has 4 rings (SSSR count). The molecule has 0 atom stereocenters. The average Bonchev–Trinajstić information content (AvgIpc) is 3.23. The van der Waals surface area contributed by atoms with Crippen LogP contribution in [0, 0.1) is 29.9 Å². The lowest BCUT2D eigenvalue weighted by atomic mass is 9.89. The Balaban J connectivity index is 1.65. The van der Waals surface area contributed by atoms with Gasteiger partial charge in [-0.2, -0.15) is 0 Å². The van der Waals surface area contributed by atoms with Crippen LogP contribution in [0.5, 0.6) is 5.75 Å². The standard InChI is InChI=1S/C24H27N3O5S/c1-15-11-18(16(2)26(15)20-13-19(27(30)31)9-10-21(20)32-3)12-22-23(28)25(24(29)33-22)14-17-7-5-4-6-8-17/h9-13,17H,4-8,14H2,1-3H3/b22-12+. The van der Waals surface area contributed by atoms with Crippen LogP contribution in [0.2, 0.25) is 0 Å². The summed E-state index contributed by atoms with van der Waals surface area (Å²) in [5.74, 6) is 0.646. The van der Waals surface area contributed by atoms with Crippen molar-refractivity contribution < 1.29 is 19.2 Å². The summed E-state index contributed by atoms with van der Waals surface area (Å²) in [4.78, 5) is 38.2. The van der Waals surface area contributed by atoms with Crippen LogP contribution < -0.4 is 4.74 Å². The molecule has 0 N–H and O–H groups in total. The first-order valence-corrected chi connectivity index (χ1v) is 11.9. The Kier molecular flexibility index (Phi) is 6.60. The molecule has 1 aliphatic heterocycles. The number of aryl methyl sites for hydroxylation is 1. The lowest BCUT2D eigenvalue weighted by Crippen LogP contribution is -2.34. The highest BCUT2D eigenvalue weighted by Crippen LogP contribution is 2.37. The van der Waals surface area contributed by atoms with Crippen LogP contribution >= 0.6 is 11.8 Å². The highest BCUT2D eigenvalue weighted by molar-refractivity contribution is 8.18. The van der Waals surface area contributed by atoms with E-state index in [0.717, 1.165) is 54.4 Å². The number of thioether (sulfide) groups is 1. The molecule has 0 radical (unpaired) electrons. The summed E-state index contributed by atoms with van der Waals surface area (Å²) in [7, 11) is 1.52. The molecule has 174 valence electrons. The third-order valence-corrected chi connectivity index (χ3v) is 7.32. The Hall–Kier alpha value is -3.07. The molecule has 1 saturated heterocycles. The third kappa shape index (κ3) is 4.55. The lowest BCUT2D eigenvalue weighted by molar-refractivity contribution is -0.384. The van der Waals surface area contributed by atoms with Gasteiger partial charge in [-0.05, 0) is 68.1 Å². The number of hydrogen-bond donors (Lipinski definition) is 0. The highest BCUT2D eigenvalue weighted by Gasteiger charge is 2.36. The van der Waals surface area contributed by atoms with E-state index in [9.17, 15) is 19.7 Å². The molecule has 0 bridgehead atoms. The average molecular weight is 470 g/mol.